The number of hydrogen-bond donors (Lipinski definition) is 1. The van der Waals surface area contributed by atoms with Crippen molar-refractivity contribution in [2.75, 3.05) is 31.1 Å². The van der Waals surface area contributed by atoms with Crippen LogP contribution in [-0.4, -0.2) is 26.2 Å². The molecule has 0 aromatic heterocycles. The molecule has 0 spiro atoms. The first-order valence-corrected chi connectivity index (χ1v) is 7.21. The van der Waals surface area contributed by atoms with Gasteiger partial charge in [-0.3, -0.25) is 0 Å². The van der Waals surface area contributed by atoms with Gasteiger partial charge in [-0.15, -0.1) is 0 Å². The second kappa shape index (κ2) is 6.58. The summed E-state index contributed by atoms with van der Waals surface area (Å²) < 4.78 is 0. The molecule has 0 aliphatic carbocycles. The van der Waals surface area contributed by atoms with Crippen molar-refractivity contribution in [2.24, 2.45) is 5.92 Å². The zero-order valence-corrected chi connectivity index (χ0v) is 11.9. The topological polar surface area (TPSA) is 39.1 Å². The van der Waals surface area contributed by atoms with Crippen molar-refractivity contribution < 1.29 is 0 Å². The van der Waals surface area contributed by atoms with Crippen molar-refractivity contribution >= 4 is 5.69 Å². The number of aryl methyl sites for hydroxylation is 1. The van der Waals surface area contributed by atoms with E-state index in [2.05, 4.69) is 35.3 Å². The van der Waals surface area contributed by atoms with E-state index in [0.717, 1.165) is 43.0 Å². The van der Waals surface area contributed by atoms with Crippen molar-refractivity contribution in [3.63, 3.8) is 0 Å². The highest BCUT2D eigenvalue weighted by atomic mass is 15.1. The Balaban J connectivity index is 2.14. The SMILES string of the molecule is CCN(CC1CCCNC1)c1ccc(C)cc1C#N. The third-order valence-electron chi connectivity index (χ3n) is 3.87. The number of rotatable bonds is 4. The Morgan fingerprint density at radius 2 is 2.32 bits per heavy atom. The summed E-state index contributed by atoms with van der Waals surface area (Å²) in [6, 6.07) is 8.50. The van der Waals surface area contributed by atoms with Gasteiger partial charge in [-0.05, 0) is 63.4 Å². The molecule has 1 atom stereocenters. The number of nitrogens with one attached hydrogen (secondary N) is 1. The smallest absolute Gasteiger partial charge is 0.101 e. The third-order valence-corrected chi connectivity index (χ3v) is 3.87. The Morgan fingerprint density at radius 3 is 2.95 bits per heavy atom. The predicted octanol–water partition coefficient (Wildman–Crippen LogP) is 2.69. The van der Waals surface area contributed by atoms with Gasteiger partial charge in [0.25, 0.3) is 0 Å². The molecule has 1 heterocycles. The van der Waals surface area contributed by atoms with Crippen molar-refractivity contribution in [3.8, 4) is 6.07 Å². The molecule has 1 fully saturated rings. The summed E-state index contributed by atoms with van der Waals surface area (Å²) in [6.07, 6.45) is 2.55. The molecule has 0 saturated carbocycles. The molecule has 0 bridgehead atoms. The highest BCUT2D eigenvalue weighted by Crippen LogP contribution is 2.23. The van der Waals surface area contributed by atoms with E-state index in [4.69, 9.17) is 0 Å². The molecule has 102 valence electrons. The summed E-state index contributed by atoms with van der Waals surface area (Å²) in [6.45, 7) is 8.44. The molecule has 1 aliphatic rings. The maximum Gasteiger partial charge on any atom is 0.101 e. The Kier molecular flexibility index (Phi) is 4.81. The number of benzene rings is 1. The summed E-state index contributed by atoms with van der Waals surface area (Å²) >= 11 is 0. The van der Waals surface area contributed by atoms with E-state index in [1.807, 2.05) is 13.0 Å². The Hall–Kier alpha value is -1.53. The zero-order chi connectivity index (χ0) is 13.7. The first kappa shape index (κ1) is 13.9. The summed E-state index contributed by atoms with van der Waals surface area (Å²) in [5, 5.41) is 12.8. The van der Waals surface area contributed by atoms with Gasteiger partial charge in [0, 0.05) is 13.1 Å². The van der Waals surface area contributed by atoms with Gasteiger partial charge < -0.3 is 10.2 Å². The molecule has 2 rings (SSSR count). The molecule has 0 amide bonds. The Bertz CT molecular complexity index is 456. The van der Waals surface area contributed by atoms with Gasteiger partial charge in [-0.2, -0.15) is 5.26 Å². The fourth-order valence-electron chi connectivity index (χ4n) is 2.80. The fraction of sp³-hybridized carbons (Fsp3) is 0.562. The van der Waals surface area contributed by atoms with E-state index in [1.165, 1.54) is 12.8 Å². The normalized spacial score (nSPS) is 18.9. The maximum atomic E-state index is 9.30. The van der Waals surface area contributed by atoms with Crippen LogP contribution in [-0.2, 0) is 0 Å². The van der Waals surface area contributed by atoms with E-state index in [1.54, 1.807) is 0 Å². The Labute approximate surface area is 116 Å². The summed E-state index contributed by atoms with van der Waals surface area (Å²) in [5.74, 6) is 0.696. The molecular formula is C16H23N3. The standard InChI is InChI=1S/C16H23N3/c1-3-19(12-14-5-4-8-18-11-14)16-7-6-13(2)9-15(16)10-17/h6-7,9,14,18H,3-5,8,11-12H2,1-2H3. The van der Waals surface area contributed by atoms with Crippen molar-refractivity contribution in [1.82, 2.24) is 5.32 Å². The monoisotopic (exact) mass is 257 g/mol. The van der Waals surface area contributed by atoms with E-state index in [9.17, 15) is 5.26 Å². The first-order chi connectivity index (χ1) is 9.24. The fourth-order valence-corrected chi connectivity index (χ4v) is 2.80. The van der Waals surface area contributed by atoms with Crippen molar-refractivity contribution in [3.05, 3.63) is 29.3 Å². The second-order valence-electron chi connectivity index (χ2n) is 5.38. The minimum atomic E-state index is 0.696. The van der Waals surface area contributed by atoms with Crippen LogP contribution in [0.4, 0.5) is 5.69 Å². The molecule has 3 heteroatoms. The molecule has 1 saturated heterocycles. The highest BCUT2D eigenvalue weighted by Gasteiger charge is 2.18. The van der Waals surface area contributed by atoms with E-state index < -0.39 is 0 Å². The average molecular weight is 257 g/mol. The van der Waals surface area contributed by atoms with Crippen LogP contribution in [0.2, 0.25) is 0 Å². The quantitative estimate of drug-likeness (QED) is 0.901. The average Bonchev–Trinajstić information content (AvgIpc) is 2.46. The lowest BCUT2D eigenvalue weighted by Crippen LogP contribution is -2.38. The molecule has 3 nitrogen and oxygen atoms in total. The minimum Gasteiger partial charge on any atom is -0.370 e. The lowest BCUT2D eigenvalue weighted by atomic mass is 9.98. The number of hydrogen-bond acceptors (Lipinski definition) is 3. The molecule has 1 N–H and O–H groups in total. The molecule has 1 aromatic carbocycles. The number of anilines is 1. The molecule has 1 unspecified atom stereocenters. The lowest BCUT2D eigenvalue weighted by molar-refractivity contribution is 0.378. The molecule has 1 aliphatic heterocycles. The highest BCUT2D eigenvalue weighted by molar-refractivity contribution is 5.60. The summed E-state index contributed by atoms with van der Waals surface area (Å²) in [4.78, 5) is 2.34. The van der Waals surface area contributed by atoms with Gasteiger partial charge in [0.1, 0.15) is 6.07 Å². The van der Waals surface area contributed by atoms with Crippen LogP contribution in [0.1, 0.15) is 30.9 Å². The van der Waals surface area contributed by atoms with Crippen LogP contribution >= 0.6 is 0 Å². The van der Waals surface area contributed by atoms with Crippen LogP contribution in [0.3, 0.4) is 0 Å². The van der Waals surface area contributed by atoms with Crippen LogP contribution < -0.4 is 10.2 Å². The molecule has 1 aromatic rings. The van der Waals surface area contributed by atoms with Gasteiger partial charge in [0.2, 0.25) is 0 Å². The molecular weight excluding hydrogens is 234 g/mol. The Morgan fingerprint density at radius 1 is 1.47 bits per heavy atom. The predicted molar refractivity (Wildman–Crippen MR) is 79.4 cm³/mol. The van der Waals surface area contributed by atoms with Gasteiger partial charge in [0.15, 0.2) is 0 Å². The number of piperidine rings is 1. The summed E-state index contributed by atoms with van der Waals surface area (Å²) in [7, 11) is 0. The van der Waals surface area contributed by atoms with Gasteiger partial charge >= 0.3 is 0 Å². The number of nitrogens with zero attached hydrogens (tertiary/aromatic N) is 2. The first-order valence-electron chi connectivity index (χ1n) is 7.21. The van der Waals surface area contributed by atoms with Crippen LogP contribution in [0.5, 0.6) is 0 Å². The molecule has 19 heavy (non-hydrogen) atoms. The van der Waals surface area contributed by atoms with Gasteiger partial charge in [0.05, 0.1) is 11.3 Å². The minimum absolute atomic E-state index is 0.696. The van der Waals surface area contributed by atoms with E-state index in [-0.39, 0.29) is 0 Å². The molecule has 0 radical (unpaired) electrons. The zero-order valence-electron chi connectivity index (χ0n) is 11.9. The van der Waals surface area contributed by atoms with Gasteiger partial charge in [-0.25, -0.2) is 0 Å². The van der Waals surface area contributed by atoms with Crippen molar-refractivity contribution in [2.45, 2.75) is 26.7 Å². The number of nitriles is 1. The maximum absolute atomic E-state index is 9.30. The van der Waals surface area contributed by atoms with Crippen molar-refractivity contribution in [1.29, 1.82) is 5.26 Å². The summed E-state index contributed by atoms with van der Waals surface area (Å²) in [5.41, 5.74) is 3.03. The van der Waals surface area contributed by atoms with Gasteiger partial charge in [-0.1, -0.05) is 6.07 Å². The lowest BCUT2D eigenvalue weighted by Gasteiger charge is -2.31. The second-order valence-corrected chi connectivity index (χ2v) is 5.38. The van der Waals surface area contributed by atoms with E-state index >= 15 is 0 Å². The van der Waals surface area contributed by atoms with E-state index in [0.29, 0.717) is 5.92 Å². The van der Waals surface area contributed by atoms with Crippen LogP contribution in [0.15, 0.2) is 18.2 Å². The third kappa shape index (κ3) is 3.48. The largest absolute Gasteiger partial charge is 0.370 e. The van der Waals surface area contributed by atoms with Crippen LogP contribution in [0.25, 0.3) is 0 Å². The van der Waals surface area contributed by atoms with Crippen LogP contribution in [0, 0.1) is 24.2 Å².